The van der Waals surface area contributed by atoms with Crippen molar-refractivity contribution in [2.45, 2.75) is 6.92 Å². The maximum Gasteiger partial charge on any atom is 0.281 e. The molecule has 0 aliphatic heterocycles. The van der Waals surface area contributed by atoms with Gasteiger partial charge in [-0.25, -0.2) is 5.48 Å². The van der Waals surface area contributed by atoms with Gasteiger partial charge in [0, 0.05) is 11.1 Å². The van der Waals surface area contributed by atoms with Crippen LogP contribution in [0.3, 0.4) is 0 Å². The zero-order chi connectivity index (χ0) is 17.8. The van der Waals surface area contributed by atoms with Crippen LogP contribution < -0.4 is 10.2 Å². The number of nitrogens with zero attached hydrogens (tertiary/aromatic N) is 1. The van der Waals surface area contributed by atoms with Gasteiger partial charge < -0.3 is 4.74 Å². The Morgan fingerprint density at radius 3 is 2.80 bits per heavy atom. The van der Waals surface area contributed by atoms with Crippen molar-refractivity contribution in [1.82, 2.24) is 10.5 Å². The number of hydrogen-bond acceptors (Lipinski definition) is 4. The molecule has 1 amide bonds. The summed E-state index contributed by atoms with van der Waals surface area (Å²) < 4.78 is 5.37. The first-order valence-electron chi connectivity index (χ1n) is 7.80. The summed E-state index contributed by atoms with van der Waals surface area (Å²) in [5.74, 6) is -0.0858. The molecule has 3 aromatic rings. The first kappa shape index (κ1) is 16.7. The summed E-state index contributed by atoms with van der Waals surface area (Å²) >= 11 is 0. The van der Waals surface area contributed by atoms with Gasteiger partial charge in [-0.1, -0.05) is 36.9 Å². The molecular weight excluding hydrogens is 316 g/mol. The van der Waals surface area contributed by atoms with Gasteiger partial charge in [0.25, 0.3) is 5.91 Å². The van der Waals surface area contributed by atoms with E-state index in [4.69, 9.17) is 9.94 Å². The third-order valence-electron chi connectivity index (χ3n) is 3.85. The molecule has 3 rings (SSSR count). The molecule has 0 saturated heterocycles. The van der Waals surface area contributed by atoms with Gasteiger partial charge in [0.15, 0.2) is 6.61 Å². The van der Waals surface area contributed by atoms with Gasteiger partial charge in [-0.05, 0) is 47.9 Å². The van der Waals surface area contributed by atoms with Crippen molar-refractivity contribution in [3.8, 4) is 5.75 Å². The Bertz CT molecular complexity index is 951. The number of benzene rings is 2. The lowest BCUT2D eigenvalue weighted by Gasteiger charge is -2.12. The van der Waals surface area contributed by atoms with Gasteiger partial charge in [-0.15, -0.1) is 0 Å². The Balaban J connectivity index is 1.95. The number of pyridine rings is 1. The number of hydrogen-bond donors (Lipinski definition) is 2. The second-order valence-corrected chi connectivity index (χ2v) is 5.66. The first-order chi connectivity index (χ1) is 12.1. The molecule has 0 aliphatic rings. The standard InChI is InChI=1S/C20H18N2O3/c1-13-10-18(17-8-3-4-9-19(17)21-13)14(2)15-6-5-7-16(11-15)25-12-20(23)22-24/h3-11,24H,2,12H2,1H3,(H,22,23). The van der Waals surface area contributed by atoms with Gasteiger partial charge in [-0.3, -0.25) is 15.0 Å². The predicted octanol–water partition coefficient (Wildman–Crippen LogP) is 3.49. The van der Waals surface area contributed by atoms with E-state index in [-0.39, 0.29) is 6.61 Å². The molecule has 0 radical (unpaired) electrons. The lowest BCUT2D eigenvalue weighted by atomic mass is 9.95. The molecule has 0 bridgehead atoms. The van der Waals surface area contributed by atoms with Crippen LogP contribution in [0.4, 0.5) is 0 Å². The molecule has 5 nitrogen and oxygen atoms in total. The molecule has 0 atom stereocenters. The Morgan fingerprint density at radius 1 is 1.20 bits per heavy atom. The second kappa shape index (κ2) is 7.15. The highest BCUT2D eigenvalue weighted by atomic mass is 16.5. The molecule has 2 aromatic carbocycles. The van der Waals surface area contributed by atoms with E-state index in [1.54, 1.807) is 6.07 Å². The van der Waals surface area contributed by atoms with E-state index in [0.29, 0.717) is 5.75 Å². The van der Waals surface area contributed by atoms with Crippen LogP contribution in [-0.4, -0.2) is 22.7 Å². The topological polar surface area (TPSA) is 71.5 Å². The lowest BCUT2D eigenvalue weighted by Crippen LogP contribution is -2.25. The molecule has 126 valence electrons. The number of rotatable bonds is 5. The molecule has 0 saturated carbocycles. The molecule has 1 aromatic heterocycles. The van der Waals surface area contributed by atoms with Crippen LogP contribution >= 0.6 is 0 Å². The molecule has 2 N–H and O–H groups in total. The molecule has 0 aliphatic carbocycles. The van der Waals surface area contributed by atoms with Crippen molar-refractivity contribution in [1.29, 1.82) is 0 Å². The van der Waals surface area contributed by atoms with E-state index in [0.717, 1.165) is 33.3 Å². The monoisotopic (exact) mass is 334 g/mol. The van der Waals surface area contributed by atoms with Crippen molar-refractivity contribution >= 4 is 22.4 Å². The summed E-state index contributed by atoms with van der Waals surface area (Å²) in [6, 6.07) is 17.3. The fourth-order valence-corrected chi connectivity index (χ4v) is 2.67. The Morgan fingerprint density at radius 2 is 2.00 bits per heavy atom. The highest BCUT2D eigenvalue weighted by molar-refractivity contribution is 5.95. The van der Waals surface area contributed by atoms with Crippen LogP contribution in [0.5, 0.6) is 5.75 Å². The summed E-state index contributed by atoms with van der Waals surface area (Å²) in [6.45, 7) is 5.93. The van der Waals surface area contributed by atoms with Crippen molar-refractivity contribution < 1.29 is 14.7 Å². The highest BCUT2D eigenvalue weighted by Crippen LogP contribution is 2.30. The van der Waals surface area contributed by atoms with E-state index in [1.165, 1.54) is 5.48 Å². The number of carbonyl (C=O) groups is 1. The molecule has 0 spiro atoms. The normalized spacial score (nSPS) is 10.5. The zero-order valence-electron chi connectivity index (χ0n) is 13.8. The van der Waals surface area contributed by atoms with Crippen molar-refractivity contribution in [2.24, 2.45) is 0 Å². The Hall–Kier alpha value is -3.18. The average Bonchev–Trinajstić information content (AvgIpc) is 2.65. The van der Waals surface area contributed by atoms with E-state index >= 15 is 0 Å². The van der Waals surface area contributed by atoms with Crippen LogP contribution in [0.25, 0.3) is 16.5 Å². The minimum atomic E-state index is -0.611. The van der Waals surface area contributed by atoms with Gasteiger partial charge >= 0.3 is 0 Å². The zero-order valence-corrected chi connectivity index (χ0v) is 13.8. The fourth-order valence-electron chi connectivity index (χ4n) is 2.67. The number of para-hydroxylation sites is 1. The molecule has 5 heteroatoms. The summed E-state index contributed by atoms with van der Waals surface area (Å²) in [5, 5.41) is 9.56. The Labute approximate surface area is 145 Å². The maximum absolute atomic E-state index is 11.1. The highest BCUT2D eigenvalue weighted by Gasteiger charge is 2.10. The SMILES string of the molecule is C=C(c1cccc(OCC(=O)NO)c1)c1cc(C)nc2ccccc12. The van der Waals surface area contributed by atoms with Crippen molar-refractivity contribution in [3.05, 3.63) is 78.0 Å². The van der Waals surface area contributed by atoms with Gasteiger partial charge in [-0.2, -0.15) is 0 Å². The van der Waals surface area contributed by atoms with E-state index in [2.05, 4.69) is 11.6 Å². The number of aryl methyl sites for hydroxylation is 1. The van der Waals surface area contributed by atoms with Gasteiger partial charge in [0.1, 0.15) is 5.75 Å². The summed E-state index contributed by atoms with van der Waals surface area (Å²) in [5.41, 5.74) is 6.12. The molecule has 1 heterocycles. The average molecular weight is 334 g/mol. The predicted molar refractivity (Wildman–Crippen MR) is 96.5 cm³/mol. The van der Waals surface area contributed by atoms with Crippen LogP contribution in [0.1, 0.15) is 16.8 Å². The van der Waals surface area contributed by atoms with Crippen molar-refractivity contribution in [3.63, 3.8) is 0 Å². The van der Waals surface area contributed by atoms with E-state index in [1.807, 2.05) is 55.5 Å². The first-order valence-corrected chi connectivity index (χ1v) is 7.80. The van der Waals surface area contributed by atoms with Gasteiger partial charge in [0.2, 0.25) is 0 Å². The number of amides is 1. The van der Waals surface area contributed by atoms with Crippen LogP contribution in [-0.2, 0) is 4.79 Å². The molecule has 0 fully saturated rings. The second-order valence-electron chi connectivity index (χ2n) is 5.66. The van der Waals surface area contributed by atoms with Crippen molar-refractivity contribution in [2.75, 3.05) is 6.61 Å². The largest absolute Gasteiger partial charge is 0.484 e. The fraction of sp³-hybridized carbons (Fsp3) is 0.100. The number of ether oxygens (including phenoxy) is 1. The summed E-state index contributed by atoms with van der Waals surface area (Å²) in [4.78, 5) is 15.7. The number of hydroxylamine groups is 1. The molecule has 25 heavy (non-hydrogen) atoms. The minimum absolute atomic E-state index is 0.260. The number of nitrogens with one attached hydrogen (secondary N) is 1. The number of aromatic nitrogens is 1. The maximum atomic E-state index is 11.1. The van der Waals surface area contributed by atoms with Crippen LogP contribution in [0.15, 0.2) is 61.2 Å². The summed E-state index contributed by atoms with van der Waals surface area (Å²) in [7, 11) is 0. The Kier molecular flexibility index (Phi) is 4.77. The number of fused-ring (bicyclic) bond motifs is 1. The van der Waals surface area contributed by atoms with E-state index in [9.17, 15) is 4.79 Å². The minimum Gasteiger partial charge on any atom is -0.484 e. The van der Waals surface area contributed by atoms with Crippen LogP contribution in [0, 0.1) is 6.92 Å². The quantitative estimate of drug-likeness (QED) is 0.553. The van der Waals surface area contributed by atoms with Crippen LogP contribution in [0.2, 0.25) is 0 Å². The molecular formula is C20H18N2O3. The smallest absolute Gasteiger partial charge is 0.281 e. The lowest BCUT2D eigenvalue weighted by molar-refractivity contribution is -0.131. The molecule has 0 unspecified atom stereocenters. The van der Waals surface area contributed by atoms with E-state index < -0.39 is 5.91 Å². The number of carbonyl (C=O) groups excluding carboxylic acids is 1. The third kappa shape index (κ3) is 3.67. The summed E-state index contributed by atoms with van der Waals surface area (Å²) in [6.07, 6.45) is 0. The van der Waals surface area contributed by atoms with Gasteiger partial charge in [0.05, 0.1) is 5.52 Å². The third-order valence-corrected chi connectivity index (χ3v) is 3.85.